The number of aryl methyl sites for hydroxylation is 1. The summed E-state index contributed by atoms with van der Waals surface area (Å²) in [4.78, 5) is 4.23. The van der Waals surface area contributed by atoms with E-state index in [4.69, 9.17) is 10.5 Å². The molecular weight excluding hydrogens is 304 g/mol. The number of halogens is 1. The summed E-state index contributed by atoms with van der Waals surface area (Å²) in [6, 6.07) is 7.45. The van der Waals surface area contributed by atoms with Crippen LogP contribution in [0.5, 0.6) is 11.6 Å². The second-order valence-corrected chi connectivity index (χ2v) is 5.09. The molecule has 1 aromatic carbocycles. The zero-order chi connectivity index (χ0) is 13.8. The van der Waals surface area contributed by atoms with Crippen molar-refractivity contribution < 1.29 is 4.74 Å². The normalized spacial score (nSPS) is 10.2. The predicted octanol–water partition coefficient (Wildman–Crippen LogP) is 4.26. The van der Waals surface area contributed by atoms with Gasteiger partial charge in [-0.25, -0.2) is 4.98 Å². The van der Waals surface area contributed by atoms with Gasteiger partial charge in [0.25, 0.3) is 0 Å². The van der Waals surface area contributed by atoms with E-state index in [-0.39, 0.29) is 0 Å². The minimum atomic E-state index is 0.566. The Morgan fingerprint density at radius 1 is 1.42 bits per heavy atom. The first-order valence-corrected chi connectivity index (χ1v) is 6.68. The number of anilines is 1. The lowest BCUT2D eigenvalue weighted by atomic mass is 10.1. The van der Waals surface area contributed by atoms with Crippen LogP contribution in [0.15, 0.2) is 47.6 Å². The maximum atomic E-state index is 5.82. The standard InChI is InChI=1S/C15H15BrN2O/c1-3-4-11-8-12(17)5-6-14(11)19-15-7-10(2)13(16)9-18-15/h3,5-9H,1,4,17H2,2H3. The summed E-state index contributed by atoms with van der Waals surface area (Å²) in [6.45, 7) is 5.73. The number of allylic oxidation sites excluding steroid dienone is 1. The molecule has 0 spiro atoms. The molecule has 3 nitrogen and oxygen atoms in total. The van der Waals surface area contributed by atoms with Gasteiger partial charge in [-0.2, -0.15) is 0 Å². The van der Waals surface area contributed by atoms with Crippen molar-refractivity contribution in [2.75, 3.05) is 5.73 Å². The summed E-state index contributed by atoms with van der Waals surface area (Å²) >= 11 is 3.42. The molecule has 0 saturated heterocycles. The Morgan fingerprint density at radius 3 is 2.89 bits per heavy atom. The first-order valence-electron chi connectivity index (χ1n) is 5.89. The number of hydrogen-bond donors (Lipinski definition) is 1. The lowest BCUT2D eigenvalue weighted by Crippen LogP contribution is -1.95. The van der Waals surface area contributed by atoms with Crippen molar-refractivity contribution in [3.63, 3.8) is 0 Å². The van der Waals surface area contributed by atoms with Gasteiger partial charge < -0.3 is 10.5 Å². The van der Waals surface area contributed by atoms with Gasteiger partial charge in [-0.05, 0) is 53.0 Å². The van der Waals surface area contributed by atoms with Gasteiger partial charge in [-0.1, -0.05) is 6.08 Å². The number of nitrogens with zero attached hydrogens (tertiary/aromatic N) is 1. The molecule has 19 heavy (non-hydrogen) atoms. The molecule has 0 aliphatic heterocycles. The van der Waals surface area contributed by atoms with Crippen molar-refractivity contribution >= 4 is 21.6 Å². The van der Waals surface area contributed by atoms with Gasteiger partial charge in [0.2, 0.25) is 5.88 Å². The van der Waals surface area contributed by atoms with Crippen molar-refractivity contribution in [1.82, 2.24) is 4.98 Å². The molecule has 4 heteroatoms. The minimum Gasteiger partial charge on any atom is -0.439 e. The van der Waals surface area contributed by atoms with E-state index < -0.39 is 0 Å². The second kappa shape index (κ2) is 5.89. The topological polar surface area (TPSA) is 48.1 Å². The summed E-state index contributed by atoms with van der Waals surface area (Å²) in [5.74, 6) is 1.32. The van der Waals surface area contributed by atoms with Crippen LogP contribution < -0.4 is 10.5 Å². The van der Waals surface area contributed by atoms with Crippen LogP contribution in [0.3, 0.4) is 0 Å². The van der Waals surface area contributed by atoms with Crippen LogP contribution in [0, 0.1) is 6.92 Å². The van der Waals surface area contributed by atoms with E-state index in [1.165, 1.54) is 0 Å². The first-order chi connectivity index (χ1) is 9.10. The van der Waals surface area contributed by atoms with Gasteiger partial charge in [0, 0.05) is 28.0 Å². The van der Waals surface area contributed by atoms with Gasteiger partial charge in [-0.15, -0.1) is 6.58 Å². The quantitative estimate of drug-likeness (QED) is 0.677. The maximum absolute atomic E-state index is 5.82. The fourth-order valence-corrected chi connectivity index (χ4v) is 1.91. The molecule has 0 unspecified atom stereocenters. The smallest absolute Gasteiger partial charge is 0.219 e. The third-order valence-corrected chi connectivity index (χ3v) is 3.52. The maximum Gasteiger partial charge on any atom is 0.219 e. The average molecular weight is 319 g/mol. The number of rotatable bonds is 4. The average Bonchev–Trinajstić information content (AvgIpc) is 2.37. The summed E-state index contributed by atoms with van der Waals surface area (Å²) in [7, 11) is 0. The molecule has 0 amide bonds. The van der Waals surface area contributed by atoms with Gasteiger partial charge in [-0.3, -0.25) is 0 Å². The van der Waals surface area contributed by atoms with Crippen molar-refractivity contribution in [3.05, 3.63) is 58.7 Å². The summed E-state index contributed by atoms with van der Waals surface area (Å²) in [5.41, 5.74) is 8.57. The summed E-state index contributed by atoms with van der Waals surface area (Å²) < 4.78 is 6.78. The fourth-order valence-electron chi connectivity index (χ4n) is 1.70. The zero-order valence-corrected chi connectivity index (χ0v) is 12.3. The number of hydrogen-bond acceptors (Lipinski definition) is 3. The van der Waals surface area contributed by atoms with Crippen LogP contribution in [0.2, 0.25) is 0 Å². The highest BCUT2D eigenvalue weighted by Gasteiger charge is 2.06. The Labute approximate surface area is 121 Å². The predicted molar refractivity (Wildman–Crippen MR) is 81.5 cm³/mol. The SMILES string of the molecule is C=CCc1cc(N)ccc1Oc1cc(C)c(Br)cn1. The number of benzene rings is 1. The molecule has 0 saturated carbocycles. The lowest BCUT2D eigenvalue weighted by Gasteiger charge is -2.11. The second-order valence-electron chi connectivity index (χ2n) is 4.23. The molecule has 98 valence electrons. The first kappa shape index (κ1) is 13.6. The van der Waals surface area contributed by atoms with Crippen molar-refractivity contribution in [2.24, 2.45) is 0 Å². The van der Waals surface area contributed by atoms with Crippen molar-refractivity contribution in [2.45, 2.75) is 13.3 Å². The lowest BCUT2D eigenvalue weighted by molar-refractivity contribution is 0.458. The van der Waals surface area contributed by atoms with Crippen LogP contribution in [-0.4, -0.2) is 4.98 Å². The Hall–Kier alpha value is -1.81. The zero-order valence-electron chi connectivity index (χ0n) is 10.7. The van der Waals surface area contributed by atoms with Crippen LogP contribution in [0.25, 0.3) is 0 Å². The van der Waals surface area contributed by atoms with Crippen LogP contribution >= 0.6 is 15.9 Å². The van der Waals surface area contributed by atoms with E-state index in [1.54, 1.807) is 6.20 Å². The van der Waals surface area contributed by atoms with E-state index in [0.717, 1.165) is 21.3 Å². The summed E-state index contributed by atoms with van der Waals surface area (Å²) in [6.07, 6.45) is 4.26. The molecule has 0 aliphatic carbocycles. The minimum absolute atomic E-state index is 0.566. The Morgan fingerprint density at radius 2 is 2.21 bits per heavy atom. The van der Waals surface area contributed by atoms with E-state index in [2.05, 4.69) is 27.5 Å². The largest absolute Gasteiger partial charge is 0.439 e. The van der Waals surface area contributed by atoms with Gasteiger partial charge >= 0.3 is 0 Å². The Balaban J connectivity index is 2.31. The molecule has 0 fully saturated rings. The number of ether oxygens (including phenoxy) is 1. The molecule has 0 aliphatic rings. The third-order valence-electron chi connectivity index (χ3n) is 2.69. The third kappa shape index (κ3) is 3.35. The number of nitrogen functional groups attached to an aromatic ring is 1. The van der Waals surface area contributed by atoms with Crippen LogP contribution in [0.1, 0.15) is 11.1 Å². The van der Waals surface area contributed by atoms with E-state index in [1.807, 2.05) is 37.3 Å². The molecule has 0 radical (unpaired) electrons. The highest BCUT2D eigenvalue weighted by molar-refractivity contribution is 9.10. The fraction of sp³-hybridized carbons (Fsp3) is 0.133. The molecule has 2 aromatic rings. The van der Waals surface area contributed by atoms with Crippen LogP contribution in [-0.2, 0) is 6.42 Å². The van der Waals surface area contributed by atoms with E-state index in [0.29, 0.717) is 18.0 Å². The Bertz CT molecular complexity index is 611. The molecule has 2 N–H and O–H groups in total. The number of aromatic nitrogens is 1. The Kier molecular flexibility index (Phi) is 4.22. The number of nitrogens with two attached hydrogens (primary N) is 1. The van der Waals surface area contributed by atoms with E-state index in [9.17, 15) is 0 Å². The van der Waals surface area contributed by atoms with Crippen molar-refractivity contribution in [3.8, 4) is 11.6 Å². The number of pyridine rings is 1. The molecule has 0 atom stereocenters. The van der Waals surface area contributed by atoms with Gasteiger partial charge in [0.15, 0.2) is 0 Å². The highest BCUT2D eigenvalue weighted by Crippen LogP contribution is 2.28. The summed E-state index contributed by atoms with van der Waals surface area (Å²) in [5, 5.41) is 0. The molecule has 0 bridgehead atoms. The monoisotopic (exact) mass is 318 g/mol. The molecule has 2 rings (SSSR count). The molecule has 1 aromatic heterocycles. The molecular formula is C15H15BrN2O. The van der Waals surface area contributed by atoms with Crippen molar-refractivity contribution in [1.29, 1.82) is 0 Å². The van der Waals surface area contributed by atoms with Crippen LogP contribution in [0.4, 0.5) is 5.69 Å². The van der Waals surface area contributed by atoms with Gasteiger partial charge in [0.1, 0.15) is 5.75 Å². The molecule has 1 heterocycles. The van der Waals surface area contributed by atoms with E-state index >= 15 is 0 Å². The van der Waals surface area contributed by atoms with Gasteiger partial charge in [0.05, 0.1) is 0 Å². The highest BCUT2D eigenvalue weighted by atomic mass is 79.9.